The first-order valence-corrected chi connectivity index (χ1v) is 9.29. The first-order chi connectivity index (χ1) is 14.6. The van der Waals surface area contributed by atoms with Crippen LogP contribution in [0.5, 0.6) is 5.75 Å². The van der Waals surface area contributed by atoms with Gasteiger partial charge >= 0.3 is 5.97 Å². The van der Waals surface area contributed by atoms with Crippen molar-refractivity contribution in [1.82, 2.24) is 0 Å². The van der Waals surface area contributed by atoms with Crippen LogP contribution in [0, 0.1) is 11.8 Å². The van der Waals surface area contributed by atoms with Crippen LogP contribution in [0.25, 0.3) is 21.9 Å². The molecule has 0 saturated heterocycles. The number of carbonyl (C=O) groups excluding carboxylic acids is 2. The smallest absolute Gasteiger partial charge is 0.333 e. The molecule has 0 aliphatic heterocycles. The van der Waals surface area contributed by atoms with Gasteiger partial charge in [0, 0.05) is 11.6 Å². The van der Waals surface area contributed by atoms with E-state index in [1.54, 1.807) is 0 Å². The third-order valence-electron chi connectivity index (χ3n) is 4.34. The number of hydrogen-bond acceptors (Lipinski definition) is 4. The van der Waals surface area contributed by atoms with Crippen molar-refractivity contribution in [3.05, 3.63) is 91.5 Å². The van der Waals surface area contributed by atoms with Crippen LogP contribution >= 0.6 is 0 Å². The minimum Gasteiger partial charge on any atom is -0.457 e. The molecule has 3 rings (SSSR count). The quantitative estimate of drug-likeness (QED) is 0.242. The monoisotopic (exact) mass is 396 g/mol. The van der Waals surface area contributed by atoms with Gasteiger partial charge in [-0.2, -0.15) is 0 Å². The van der Waals surface area contributed by atoms with Gasteiger partial charge in [-0.3, -0.25) is 4.79 Å². The first-order valence-electron chi connectivity index (χ1n) is 9.29. The third kappa shape index (κ3) is 5.46. The Balaban J connectivity index is 1.71. The first kappa shape index (κ1) is 20.6. The van der Waals surface area contributed by atoms with Crippen molar-refractivity contribution < 1.29 is 19.1 Å². The minimum absolute atomic E-state index is 0.0814. The standard InChI is InChI=1S/C26H20O4/c1-3-24(27)7-5-6-19-8-9-23-17-22(11-10-21(23)16-19)20-12-14-25(15-13-20)29-18-30-26(28)4-2/h3-4,8-17H,1-2,7,18H2. The highest BCUT2D eigenvalue weighted by atomic mass is 16.7. The molecule has 3 aromatic rings. The number of carbonyl (C=O) groups is 2. The van der Waals surface area contributed by atoms with Gasteiger partial charge in [0.15, 0.2) is 5.78 Å². The number of ketones is 1. The molecule has 0 unspecified atom stereocenters. The number of ether oxygens (including phenoxy) is 2. The zero-order chi connectivity index (χ0) is 21.3. The van der Waals surface area contributed by atoms with Crippen molar-refractivity contribution >= 4 is 22.5 Å². The predicted molar refractivity (Wildman–Crippen MR) is 118 cm³/mol. The molecule has 0 aliphatic rings. The van der Waals surface area contributed by atoms with Crippen LogP contribution in [-0.2, 0) is 14.3 Å². The molecule has 148 valence electrons. The van der Waals surface area contributed by atoms with Crippen LogP contribution < -0.4 is 4.74 Å². The van der Waals surface area contributed by atoms with Crippen LogP contribution in [0.3, 0.4) is 0 Å². The van der Waals surface area contributed by atoms with E-state index in [0.717, 1.165) is 33.5 Å². The summed E-state index contributed by atoms with van der Waals surface area (Å²) >= 11 is 0. The van der Waals surface area contributed by atoms with Crippen molar-refractivity contribution in [2.24, 2.45) is 0 Å². The molecule has 0 fully saturated rings. The SMILES string of the molecule is C=CC(=O)CC#Cc1ccc2cc(-c3ccc(OCOC(=O)C=C)cc3)ccc2c1. The van der Waals surface area contributed by atoms with E-state index in [9.17, 15) is 9.59 Å². The Bertz CT molecular complexity index is 1160. The fourth-order valence-electron chi connectivity index (χ4n) is 2.77. The summed E-state index contributed by atoms with van der Waals surface area (Å²) in [5, 5.41) is 2.17. The van der Waals surface area contributed by atoms with Crippen LogP contribution in [0.15, 0.2) is 86.0 Å². The van der Waals surface area contributed by atoms with Crippen molar-refractivity contribution in [2.45, 2.75) is 6.42 Å². The Labute approximate surface area is 175 Å². The number of esters is 1. The number of fused-ring (bicyclic) bond motifs is 1. The molecule has 0 bridgehead atoms. The van der Waals surface area contributed by atoms with Gasteiger partial charge in [0.2, 0.25) is 6.79 Å². The van der Waals surface area contributed by atoms with Gasteiger partial charge in [0.25, 0.3) is 0 Å². The number of rotatable bonds is 7. The van der Waals surface area contributed by atoms with Gasteiger partial charge in [-0.05, 0) is 58.3 Å². The molecule has 0 amide bonds. The van der Waals surface area contributed by atoms with Crippen LogP contribution in [0.2, 0.25) is 0 Å². The zero-order valence-electron chi connectivity index (χ0n) is 16.4. The number of allylic oxidation sites excluding steroid dienone is 1. The molecule has 0 aliphatic carbocycles. The van der Waals surface area contributed by atoms with Crippen LogP contribution in [0.4, 0.5) is 0 Å². The highest BCUT2D eigenvalue weighted by molar-refractivity contribution is 5.91. The van der Waals surface area contributed by atoms with Gasteiger partial charge in [-0.1, -0.05) is 55.3 Å². The number of hydrogen-bond donors (Lipinski definition) is 0. The van der Waals surface area contributed by atoms with E-state index in [1.807, 2.05) is 54.6 Å². The fourth-order valence-corrected chi connectivity index (χ4v) is 2.77. The second kappa shape index (κ2) is 9.90. The summed E-state index contributed by atoms with van der Waals surface area (Å²) in [5.74, 6) is 5.88. The van der Waals surface area contributed by atoms with E-state index in [1.165, 1.54) is 6.08 Å². The lowest BCUT2D eigenvalue weighted by molar-refractivity contribution is -0.144. The Morgan fingerprint density at radius 1 is 0.867 bits per heavy atom. The van der Waals surface area contributed by atoms with Crippen LogP contribution in [0.1, 0.15) is 12.0 Å². The lowest BCUT2D eigenvalue weighted by Gasteiger charge is -2.08. The molecule has 0 radical (unpaired) electrons. The second-order valence-corrected chi connectivity index (χ2v) is 6.38. The van der Waals surface area contributed by atoms with Crippen molar-refractivity contribution in [3.8, 4) is 28.7 Å². The van der Waals surface area contributed by atoms with Gasteiger partial charge in [-0.25, -0.2) is 4.79 Å². The zero-order valence-corrected chi connectivity index (χ0v) is 16.4. The Morgan fingerprint density at radius 2 is 1.57 bits per heavy atom. The summed E-state index contributed by atoms with van der Waals surface area (Å²) in [5.41, 5.74) is 2.98. The summed E-state index contributed by atoms with van der Waals surface area (Å²) in [6.45, 7) is 6.61. The molecule has 0 spiro atoms. The van der Waals surface area contributed by atoms with E-state index in [2.05, 4.69) is 31.1 Å². The summed E-state index contributed by atoms with van der Waals surface area (Å²) < 4.78 is 10.2. The average Bonchev–Trinajstić information content (AvgIpc) is 2.78. The molecule has 4 heteroatoms. The van der Waals surface area contributed by atoms with Gasteiger partial charge < -0.3 is 9.47 Å². The Kier molecular flexibility index (Phi) is 6.81. The highest BCUT2D eigenvalue weighted by Crippen LogP contribution is 2.26. The Morgan fingerprint density at radius 3 is 2.30 bits per heavy atom. The summed E-state index contributed by atoms with van der Waals surface area (Å²) in [4.78, 5) is 22.3. The molecule has 0 saturated carbocycles. The molecule has 4 nitrogen and oxygen atoms in total. The number of benzene rings is 3. The van der Waals surface area contributed by atoms with Gasteiger partial charge in [0.05, 0.1) is 6.42 Å². The van der Waals surface area contributed by atoms with Crippen molar-refractivity contribution in [3.63, 3.8) is 0 Å². The predicted octanol–water partition coefficient (Wildman–Crippen LogP) is 5.07. The topological polar surface area (TPSA) is 52.6 Å². The van der Waals surface area contributed by atoms with E-state index in [-0.39, 0.29) is 19.0 Å². The fraction of sp³-hybridized carbons (Fsp3) is 0.0769. The van der Waals surface area contributed by atoms with E-state index in [4.69, 9.17) is 9.47 Å². The Hall–Kier alpha value is -4.10. The normalized spacial score (nSPS) is 9.87. The molecular formula is C26H20O4. The molecule has 30 heavy (non-hydrogen) atoms. The summed E-state index contributed by atoms with van der Waals surface area (Å²) in [7, 11) is 0. The maximum absolute atomic E-state index is 11.2. The van der Waals surface area contributed by atoms with Crippen molar-refractivity contribution in [1.29, 1.82) is 0 Å². The summed E-state index contributed by atoms with van der Waals surface area (Å²) in [6.07, 6.45) is 2.55. The molecule has 0 atom stereocenters. The minimum atomic E-state index is -0.526. The molecule has 0 heterocycles. The van der Waals surface area contributed by atoms with E-state index in [0.29, 0.717) is 5.75 Å². The molecular weight excluding hydrogens is 376 g/mol. The van der Waals surface area contributed by atoms with Crippen LogP contribution in [-0.4, -0.2) is 18.5 Å². The summed E-state index contributed by atoms with van der Waals surface area (Å²) in [6, 6.07) is 19.7. The third-order valence-corrected chi connectivity index (χ3v) is 4.34. The molecule has 0 N–H and O–H groups in total. The lowest BCUT2D eigenvalue weighted by Crippen LogP contribution is -2.07. The maximum atomic E-state index is 11.2. The molecule has 3 aromatic carbocycles. The van der Waals surface area contributed by atoms with Gasteiger partial charge in [0.1, 0.15) is 5.75 Å². The lowest BCUT2D eigenvalue weighted by atomic mass is 10.00. The molecule has 0 aromatic heterocycles. The second-order valence-electron chi connectivity index (χ2n) is 6.38. The average molecular weight is 396 g/mol. The van der Waals surface area contributed by atoms with E-state index < -0.39 is 5.97 Å². The largest absolute Gasteiger partial charge is 0.457 e. The maximum Gasteiger partial charge on any atom is 0.333 e. The van der Waals surface area contributed by atoms with Gasteiger partial charge in [-0.15, -0.1) is 0 Å². The highest BCUT2D eigenvalue weighted by Gasteiger charge is 2.03. The van der Waals surface area contributed by atoms with E-state index >= 15 is 0 Å². The van der Waals surface area contributed by atoms with Crippen molar-refractivity contribution in [2.75, 3.05) is 6.79 Å².